The Morgan fingerprint density at radius 2 is 2.11 bits per heavy atom. The van der Waals surface area contributed by atoms with Gasteiger partial charge < -0.3 is 9.47 Å². The van der Waals surface area contributed by atoms with E-state index in [9.17, 15) is 0 Å². The lowest BCUT2D eigenvalue weighted by molar-refractivity contribution is 0.0836. The summed E-state index contributed by atoms with van der Waals surface area (Å²) in [5.41, 5.74) is 1.92. The summed E-state index contributed by atoms with van der Waals surface area (Å²) < 4.78 is 13.6. The average Bonchev–Trinajstić information content (AvgIpc) is 3.36. The Hall–Kier alpha value is -2.94. The van der Waals surface area contributed by atoms with Gasteiger partial charge in [0, 0.05) is 5.69 Å². The lowest BCUT2D eigenvalue weighted by Gasteiger charge is -2.24. The topological polar surface area (TPSA) is 90.2 Å². The van der Waals surface area contributed by atoms with E-state index in [-0.39, 0.29) is 6.10 Å². The van der Waals surface area contributed by atoms with Crippen LogP contribution in [0.1, 0.15) is 31.5 Å². The number of benzene rings is 1. The van der Waals surface area contributed by atoms with Crippen LogP contribution in [0.2, 0.25) is 0 Å². The molecule has 0 bridgehead atoms. The van der Waals surface area contributed by atoms with Gasteiger partial charge in [0.1, 0.15) is 12.3 Å². The van der Waals surface area contributed by atoms with Gasteiger partial charge >= 0.3 is 0 Å². The third-order valence-corrected chi connectivity index (χ3v) is 5.21. The molecule has 1 N–H and O–H groups in total. The van der Waals surface area contributed by atoms with Crippen LogP contribution in [-0.4, -0.2) is 36.6 Å². The Labute approximate surface area is 159 Å². The highest BCUT2D eigenvalue weighted by Crippen LogP contribution is 2.36. The van der Waals surface area contributed by atoms with Crippen LogP contribution >= 0.6 is 11.3 Å². The molecular formula is C18H18N6O2S. The van der Waals surface area contributed by atoms with Gasteiger partial charge in [-0.2, -0.15) is 14.7 Å². The molecule has 9 heteroatoms. The number of para-hydroxylation sites is 2. The first-order valence-electron chi connectivity index (χ1n) is 8.82. The van der Waals surface area contributed by atoms with Crippen LogP contribution in [0.5, 0.6) is 11.5 Å². The first-order chi connectivity index (χ1) is 13.2. The number of aromatic amines is 1. The zero-order valence-electron chi connectivity index (χ0n) is 14.9. The normalized spacial score (nSPS) is 16.3. The van der Waals surface area contributed by atoms with Crippen LogP contribution in [0, 0.1) is 5.92 Å². The smallest absolute Gasteiger partial charge is 0.235 e. The summed E-state index contributed by atoms with van der Waals surface area (Å²) in [5.74, 6) is 2.63. The Bertz CT molecular complexity index is 1100. The van der Waals surface area contributed by atoms with E-state index in [1.807, 2.05) is 30.3 Å². The average molecular weight is 382 g/mol. The number of hydrogen-bond donors (Lipinski definition) is 1. The number of rotatable bonds is 4. The first kappa shape index (κ1) is 16.2. The van der Waals surface area contributed by atoms with Crippen LogP contribution in [0.3, 0.4) is 0 Å². The van der Waals surface area contributed by atoms with E-state index in [4.69, 9.17) is 9.47 Å². The van der Waals surface area contributed by atoms with E-state index in [2.05, 4.69) is 39.3 Å². The molecule has 1 aliphatic heterocycles. The maximum atomic E-state index is 6.04. The molecule has 3 aromatic heterocycles. The highest BCUT2D eigenvalue weighted by molar-refractivity contribution is 7.19. The third-order valence-electron chi connectivity index (χ3n) is 4.29. The molecule has 4 heterocycles. The van der Waals surface area contributed by atoms with Crippen molar-refractivity contribution >= 4 is 16.3 Å². The molecule has 27 heavy (non-hydrogen) atoms. The summed E-state index contributed by atoms with van der Waals surface area (Å²) >= 11 is 1.45. The SMILES string of the molecule is CC(C)Cc1cc(-c2nn3c([C@H]4COc5ccccc5O4)nnc3s2)n[nH]1. The second kappa shape index (κ2) is 6.34. The van der Waals surface area contributed by atoms with Crippen molar-refractivity contribution in [1.82, 2.24) is 30.0 Å². The van der Waals surface area contributed by atoms with Crippen LogP contribution in [0.4, 0.5) is 0 Å². The van der Waals surface area contributed by atoms with E-state index < -0.39 is 0 Å². The number of nitrogens with zero attached hydrogens (tertiary/aromatic N) is 5. The molecule has 0 fully saturated rings. The van der Waals surface area contributed by atoms with Gasteiger partial charge in [0.15, 0.2) is 28.4 Å². The van der Waals surface area contributed by atoms with Crippen LogP contribution in [-0.2, 0) is 6.42 Å². The molecule has 0 saturated heterocycles. The molecule has 0 spiro atoms. The Kier molecular flexibility index (Phi) is 3.82. The largest absolute Gasteiger partial charge is 0.485 e. The maximum Gasteiger partial charge on any atom is 0.235 e. The van der Waals surface area contributed by atoms with Crippen LogP contribution in [0.25, 0.3) is 15.7 Å². The minimum atomic E-state index is -0.361. The van der Waals surface area contributed by atoms with Crippen molar-refractivity contribution in [3.63, 3.8) is 0 Å². The maximum absolute atomic E-state index is 6.04. The van der Waals surface area contributed by atoms with Gasteiger partial charge in [-0.25, -0.2) is 0 Å². The van der Waals surface area contributed by atoms with Crippen molar-refractivity contribution in [2.45, 2.75) is 26.4 Å². The Morgan fingerprint density at radius 3 is 2.96 bits per heavy atom. The van der Waals surface area contributed by atoms with Crippen molar-refractivity contribution in [2.24, 2.45) is 5.92 Å². The van der Waals surface area contributed by atoms with Crippen molar-refractivity contribution in [3.8, 4) is 22.2 Å². The monoisotopic (exact) mass is 382 g/mol. The van der Waals surface area contributed by atoms with Crippen molar-refractivity contribution in [3.05, 3.63) is 41.9 Å². The number of ether oxygens (including phenoxy) is 2. The highest BCUT2D eigenvalue weighted by atomic mass is 32.1. The zero-order valence-corrected chi connectivity index (χ0v) is 15.7. The third kappa shape index (κ3) is 2.93. The van der Waals surface area contributed by atoms with E-state index in [1.54, 1.807) is 4.52 Å². The zero-order chi connectivity index (χ0) is 18.4. The number of H-pyrrole nitrogens is 1. The molecular weight excluding hydrogens is 364 g/mol. The standard InChI is InChI=1S/C18H18N6O2S/c1-10(2)7-11-8-12(20-19-11)17-23-24-16(21-22-18(24)27-17)15-9-25-13-5-3-4-6-14(13)26-15/h3-6,8,10,15H,7,9H2,1-2H3,(H,19,20)/t15-/m1/s1. The molecule has 1 aromatic carbocycles. The molecule has 0 saturated carbocycles. The lowest BCUT2D eigenvalue weighted by Crippen LogP contribution is -2.23. The minimum absolute atomic E-state index is 0.361. The summed E-state index contributed by atoms with van der Waals surface area (Å²) in [6.07, 6.45) is 0.593. The molecule has 1 atom stereocenters. The molecule has 0 radical (unpaired) electrons. The first-order valence-corrected chi connectivity index (χ1v) is 9.64. The summed E-state index contributed by atoms with van der Waals surface area (Å²) in [7, 11) is 0. The van der Waals surface area contributed by atoms with Crippen molar-refractivity contribution in [1.29, 1.82) is 0 Å². The fraction of sp³-hybridized carbons (Fsp3) is 0.333. The van der Waals surface area contributed by atoms with E-state index in [0.717, 1.165) is 28.6 Å². The summed E-state index contributed by atoms with van der Waals surface area (Å²) in [5, 5.41) is 21.4. The predicted octanol–water partition coefficient (Wildman–Crippen LogP) is 3.29. The van der Waals surface area contributed by atoms with Crippen molar-refractivity contribution in [2.75, 3.05) is 6.61 Å². The van der Waals surface area contributed by atoms with E-state index >= 15 is 0 Å². The predicted molar refractivity (Wildman–Crippen MR) is 100 cm³/mol. The van der Waals surface area contributed by atoms with Gasteiger partial charge in [0.2, 0.25) is 4.96 Å². The summed E-state index contributed by atoms with van der Waals surface area (Å²) in [6.45, 7) is 4.73. The van der Waals surface area contributed by atoms with E-state index in [0.29, 0.717) is 29.1 Å². The fourth-order valence-corrected chi connectivity index (χ4v) is 3.91. The summed E-state index contributed by atoms with van der Waals surface area (Å²) in [6, 6.07) is 9.64. The quantitative estimate of drug-likeness (QED) is 0.582. The van der Waals surface area contributed by atoms with Gasteiger partial charge in [-0.1, -0.05) is 37.3 Å². The lowest BCUT2D eigenvalue weighted by atomic mass is 10.1. The molecule has 0 aliphatic carbocycles. The van der Waals surface area contributed by atoms with Gasteiger partial charge in [-0.15, -0.1) is 10.2 Å². The second-order valence-electron chi connectivity index (χ2n) is 6.90. The number of aromatic nitrogens is 6. The van der Waals surface area contributed by atoms with Crippen LogP contribution in [0.15, 0.2) is 30.3 Å². The number of fused-ring (bicyclic) bond motifs is 2. The molecule has 0 amide bonds. The molecule has 4 aromatic rings. The number of hydrogen-bond acceptors (Lipinski definition) is 7. The van der Waals surface area contributed by atoms with Gasteiger partial charge in [0.25, 0.3) is 0 Å². The second-order valence-corrected chi connectivity index (χ2v) is 7.86. The van der Waals surface area contributed by atoms with Crippen LogP contribution < -0.4 is 9.47 Å². The fourth-order valence-electron chi connectivity index (χ4n) is 3.10. The Balaban J connectivity index is 1.45. The highest BCUT2D eigenvalue weighted by Gasteiger charge is 2.28. The van der Waals surface area contributed by atoms with Gasteiger partial charge in [-0.3, -0.25) is 5.10 Å². The number of nitrogens with one attached hydrogen (secondary N) is 1. The van der Waals surface area contributed by atoms with Crippen molar-refractivity contribution < 1.29 is 9.47 Å². The molecule has 1 aliphatic rings. The molecule has 0 unspecified atom stereocenters. The molecule has 138 valence electrons. The summed E-state index contributed by atoms with van der Waals surface area (Å²) in [4.78, 5) is 0.705. The molecule has 8 nitrogen and oxygen atoms in total. The van der Waals surface area contributed by atoms with Gasteiger partial charge in [0.05, 0.1) is 0 Å². The molecule has 5 rings (SSSR count). The van der Waals surface area contributed by atoms with E-state index in [1.165, 1.54) is 11.3 Å². The minimum Gasteiger partial charge on any atom is -0.485 e. The Morgan fingerprint density at radius 1 is 1.26 bits per heavy atom. The van der Waals surface area contributed by atoms with Gasteiger partial charge in [-0.05, 0) is 30.5 Å².